The summed E-state index contributed by atoms with van der Waals surface area (Å²) >= 11 is 4.48. The van der Waals surface area contributed by atoms with Crippen LogP contribution in [-0.4, -0.2) is 10.5 Å². The Morgan fingerprint density at radius 1 is 1.41 bits per heavy atom. The first-order valence-corrected chi connectivity index (χ1v) is 6.46. The summed E-state index contributed by atoms with van der Waals surface area (Å²) in [6, 6.07) is 9.51. The summed E-state index contributed by atoms with van der Waals surface area (Å²) in [7, 11) is 0. The van der Waals surface area contributed by atoms with Crippen LogP contribution in [0.3, 0.4) is 0 Å². The maximum Gasteiger partial charge on any atom is 0.412 e. The summed E-state index contributed by atoms with van der Waals surface area (Å²) in [5.41, 5.74) is 1.57. The monoisotopic (exact) mass is 312 g/mol. The van der Waals surface area contributed by atoms with E-state index in [9.17, 15) is 4.79 Å². The number of carbonyl (C=O) groups is 1. The molecule has 0 unspecified atom stereocenters. The first kappa shape index (κ1) is 12.1. The Balaban J connectivity index is 1.85. The van der Waals surface area contributed by atoms with Crippen LogP contribution in [0, 0.1) is 0 Å². The molecular formula is C11H9BrN2O2S. The predicted molar refractivity (Wildman–Crippen MR) is 70.1 cm³/mol. The zero-order chi connectivity index (χ0) is 12.1. The fraction of sp³-hybridized carbons (Fsp3) is 0.0909. The third kappa shape index (κ3) is 3.54. The van der Waals surface area contributed by atoms with Gasteiger partial charge in [0.1, 0.15) is 11.2 Å². The van der Waals surface area contributed by atoms with Crippen molar-refractivity contribution in [2.45, 2.75) is 6.61 Å². The summed E-state index contributed by atoms with van der Waals surface area (Å²) in [5.74, 6) is 0. The van der Waals surface area contributed by atoms with Crippen molar-refractivity contribution in [3.8, 4) is 0 Å². The van der Waals surface area contributed by atoms with E-state index in [4.69, 9.17) is 4.74 Å². The predicted octanol–water partition coefficient (Wildman–Crippen LogP) is 3.65. The van der Waals surface area contributed by atoms with Crippen molar-refractivity contribution >= 4 is 39.2 Å². The largest absolute Gasteiger partial charge is 0.444 e. The van der Waals surface area contributed by atoms with E-state index < -0.39 is 6.09 Å². The number of hydrogen-bond acceptors (Lipinski definition) is 4. The molecule has 0 aliphatic heterocycles. The lowest BCUT2D eigenvalue weighted by molar-refractivity contribution is 0.155. The second-order valence-corrected chi connectivity index (χ2v) is 4.59. The molecule has 2 aromatic rings. The van der Waals surface area contributed by atoms with Crippen LogP contribution < -0.4 is 5.32 Å². The van der Waals surface area contributed by atoms with E-state index in [0.717, 1.165) is 5.56 Å². The number of benzene rings is 1. The van der Waals surface area contributed by atoms with Crippen LogP contribution in [0.5, 0.6) is 0 Å². The lowest BCUT2D eigenvalue weighted by Crippen LogP contribution is -2.13. The van der Waals surface area contributed by atoms with Gasteiger partial charge in [0, 0.05) is 5.38 Å². The Bertz CT molecular complexity index is 501. The number of rotatable bonds is 3. The van der Waals surface area contributed by atoms with Crippen molar-refractivity contribution in [2.75, 3.05) is 5.32 Å². The van der Waals surface area contributed by atoms with Crippen LogP contribution in [0.2, 0.25) is 0 Å². The Hall–Kier alpha value is -1.40. The molecule has 0 aliphatic rings. The molecule has 0 fully saturated rings. The van der Waals surface area contributed by atoms with Crippen molar-refractivity contribution < 1.29 is 9.53 Å². The zero-order valence-electron chi connectivity index (χ0n) is 8.72. The van der Waals surface area contributed by atoms with Gasteiger partial charge in [0.15, 0.2) is 0 Å². The molecular weight excluding hydrogens is 304 g/mol. The molecule has 1 aromatic carbocycles. The molecule has 1 aromatic heterocycles. The van der Waals surface area contributed by atoms with Gasteiger partial charge in [-0.2, -0.15) is 4.37 Å². The van der Waals surface area contributed by atoms with Gasteiger partial charge >= 0.3 is 6.09 Å². The second kappa shape index (κ2) is 5.79. The molecule has 88 valence electrons. The normalized spacial score (nSPS) is 9.94. The third-order valence-electron chi connectivity index (χ3n) is 1.98. The smallest absolute Gasteiger partial charge is 0.412 e. The number of hydrogen-bond donors (Lipinski definition) is 1. The number of nitrogens with zero attached hydrogens (tertiary/aromatic N) is 1. The molecule has 1 amide bonds. The molecule has 17 heavy (non-hydrogen) atoms. The summed E-state index contributed by atoms with van der Waals surface area (Å²) < 4.78 is 9.65. The maximum atomic E-state index is 11.5. The van der Waals surface area contributed by atoms with Crippen LogP contribution >= 0.6 is 27.5 Å². The lowest BCUT2D eigenvalue weighted by atomic mass is 10.2. The SMILES string of the molecule is O=C(Nc1csnc1Br)OCc1ccccc1. The molecule has 1 heterocycles. The molecule has 4 nitrogen and oxygen atoms in total. The summed E-state index contributed by atoms with van der Waals surface area (Å²) in [6.07, 6.45) is -0.491. The van der Waals surface area contributed by atoms with Crippen molar-refractivity contribution in [3.63, 3.8) is 0 Å². The highest BCUT2D eigenvalue weighted by molar-refractivity contribution is 9.10. The van der Waals surface area contributed by atoms with E-state index in [2.05, 4.69) is 25.6 Å². The van der Waals surface area contributed by atoms with Crippen molar-refractivity contribution in [1.29, 1.82) is 0 Å². The van der Waals surface area contributed by atoms with Crippen LogP contribution in [0.1, 0.15) is 5.56 Å². The van der Waals surface area contributed by atoms with E-state index in [1.807, 2.05) is 30.3 Å². The number of aromatic nitrogens is 1. The first-order valence-electron chi connectivity index (χ1n) is 4.83. The number of carbonyl (C=O) groups excluding carboxylic acids is 1. The average Bonchev–Trinajstić information content (AvgIpc) is 2.74. The number of anilines is 1. The van der Waals surface area contributed by atoms with Gasteiger partial charge in [-0.1, -0.05) is 30.3 Å². The van der Waals surface area contributed by atoms with E-state index in [0.29, 0.717) is 10.3 Å². The quantitative estimate of drug-likeness (QED) is 0.941. The summed E-state index contributed by atoms with van der Waals surface area (Å²) in [5, 5.41) is 4.33. The molecule has 0 bridgehead atoms. The molecule has 0 aliphatic carbocycles. The standard InChI is InChI=1S/C11H9BrN2O2S/c12-10-9(7-17-14-10)13-11(15)16-6-8-4-2-1-3-5-8/h1-5,7H,6H2,(H,13,15). The Kier molecular flexibility index (Phi) is 4.11. The molecule has 0 atom stereocenters. The Labute approximate surface area is 111 Å². The van der Waals surface area contributed by atoms with Gasteiger partial charge < -0.3 is 4.74 Å². The number of nitrogens with one attached hydrogen (secondary N) is 1. The van der Waals surface area contributed by atoms with E-state index in [1.165, 1.54) is 11.5 Å². The fourth-order valence-corrected chi connectivity index (χ4v) is 2.31. The van der Waals surface area contributed by atoms with Gasteiger partial charge in [-0.25, -0.2) is 4.79 Å². The van der Waals surface area contributed by atoms with E-state index in [-0.39, 0.29) is 6.61 Å². The van der Waals surface area contributed by atoms with Gasteiger partial charge in [0.05, 0.1) is 5.69 Å². The summed E-state index contributed by atoms with van der Waals surface area (Å²) in [6.45, 7) is 0.252. The minimum absolute atomic E-state index is 0.252. The van der Waals surface area contributed by atoms with E-state index >= 15 is 0 Å². The third-order valence-corrected chi connectivity index (χ3v) is 3.44. The van der Waals surface area contributed by atoms with Gasteiger partial charge in [0.2, 0.25) is 0 Å². The molecule has 6 heteroatoms. The first-order chi connectivity index (χ1) is 8.25. The fourth-order valence-electron chi connectivity index (χ4n) is 1.17. The highest BCUT2D eigenvalue weighted by atomic mass is 79.9. The van der Waals surface area contributed by atoms with Crippen LogP contribution in [0.4, 0.5) is 10.5 Å². The summed E-state index contributed by atoms with van der Waals surface area (Å²) in [4.78, 5) is 11.5. The van der Waals surface area contributed by atoms with Crippen LogP contribution in [0.15, 0.2) is 40.3 Å². The average molecular weight is 313 g/mol. The molecule has 0 radical (unpaired) electrons. The minimum Gasteiger partial charge on any atom is -0.444 e. The second-order valence-electron chi connectivity index (χ2n) is 3.21. The van der Waals surface area contributed by atoms with Gasteiger partial charge in [-0.3, -0.25) is 5.32 Å². The van der Waals surface area contributed by atoms with Crippen LogP contribution in [0.25, 0.3) is 0 Å². The highest BCUT2D eigenvalue weighted by Crippen LogP contribution is 2.22. The number of halogens is 1. The van der Waals surface area contributed by atoms with E-state index in [1.54, 1.807) is 5.38 Å². The molecule has 2 rings (SSSR count). The van der Waals surface area contributed by atoms with Crippen LogP contribution in [-0.2, 0) is 11.3 Å². The lowest BCUT2D eigenvalue weighted by Gasteiger charge is -2.05. The highest BCUT2D eigenvalue weighted by Gasteiger charge is 2.08. The van der Waals surface area contributed by atoms with Gasteiger partial charge in [-0.15, -0.1) is 0 Å². The molecule has 0 spiro atoms. The molecule has 1 N–H and O–H groups in total. The van der Waals surface area contributed by atoms with Crippen molar-refractivity contribution in [1.82, 2.24) is 4.37 Å². The van der Waals surface area contributed by atoms with Gasteiger partial charge in [-0.05, 0) is 33.0 Å². The molecule has 0 saturated carbocycles. The van der Waals surface area contributed by atoms with Crippen molar-refractivity contribution in [3.05, 3.63) is 45.9 Å². The Morgan fingerprint density at radius 3 is 2.82 bits per heavy atom. The zero-order valence-corrected chi connectivity index (χ0v) is 11.1. The topological polar surface area (TPSA) is 51.2 Å². The maximum absolute atomic E-state index is 11.5. The number of amides is 1. The van der Waals surface area contributed by atoms with Gasteiger partial charge in [0.25, 0.3) is 0 Å². The van der Waals surface area contributed by atoms with Crippen molar-refractivity contribution in [2.24, 2.45) is 0 Å². The minimum atomic E-state index is -0.491. The molecule has 0 saturated heterocycles. The number of ether oxygens (including phenoxy) is 1. The Morgan fingerprint density at radius 2 is 2.18 bits per heavy atom.